The Balaban J connectivity index is 3.92. The summed E-state index contributed by atoms with van der Waals surface area (Å²) in [6, 6.07) is 0.289. The highest BCUT2D eigenvalue weighted by Crippen LogP contribution is 2.13. The van der Waals surface area contributed by atoms with Crippen LogP contribution in [0.25, 0.3) is 0 Å². The first kappa shape index (κ1) is 13.4. The molecule has 3 heteroatoms. The minimum absolute atomic E-state index is 0.0702. The van der Waals surface area contributed by atoms with Crippen LogP contribution in [0.5, 0.6) is 0 Å². The van der Waals surface area contributed by atoms with Gasteiger partial charge in [-0.2, -0.15) is 0 Å². The summed E-state index contributed by atoms with van der Waals surface area (Å²) < 4.78 is 0. The van der Waals surface area contributed by atoms with Crippen molar-refractivity contribution >= 4 is 5.91 Å². The first-order valence-electron chi connectivity index (χ1n) is 5.39. The number of carbonyl (C=O) groups excluding carboxylic acids is 1. The SMILES string of the molecule is CCC(CCN(C)C)C(C)NC(C)=O. The van der Waals surface area contributed by atoms with Crippen LogP contribution in [-0.2, 0) is 4.79 Å². The van der Waals surface area contributed by atoms with Gasteiger partial charge in [0.1, 0.15) is 0 Å². The van der Waals surface area contributed by atoms with Crippen molar-refractivity contribution in [2.45, 2.75) is 39.7 Å². The van der Waals surface area contributed by atoms with Crippen LogP contribution in [0.15, 0.2) is 0 Å². The molecule has 0 heterocycles. The van der Waals surface area contributed by atoms with Crippen LogP contribution in [0, 0.1) is 5.92 Å². The van der Waals surface area contributed by atoms with Gasteiger partial charge < -0.3 is 10.2 Å². The average Bonchev–Trinajstić information content (AvgIpc) is 2.03. The van der Waals surface area contributed by atoms with E-state index in [0.29, 0.717) is 5.92 Å². The summed E-state index contributed by atoms with van der Waals surface area (Å²) >= 11 is 0. The first-order chi connectivity index (χ1) is 6.47. The van der Waals surface area contributed by atoms with Crippen molar-refractivity contribution in [1.82, 2.24) is 10.2 Å². The number of hydrogen-bond donors (Lipinski definition) is 1. The molecule has 2 atom stereocenters. The van der Waals surface area contributed by atoms with Gasteiger partial charge in [-0.05, 0) is 39.9 Å². The smallest absolute Gasteiger partial charge is 0.217 e. The van der Waals surface area contributed by atoms with E-state index in [9.17, 15) is 4.79 Å². The Hall–Kier alpha value is -0.570. The first-order valence-corrected chi connectivity index (χ1v) is 5.39. The largest absolute Gasteiger partial charge is 0.354 e. The number of nitrogens with zero attached hydrogens (tertiary/aromatic N) is 1. The minimum Gasteiger partial charge on any atom is -0.354 e. The lowest BCUT2D eigenvalue weighted by atomic mass is 9.94. The molecule has 14 heavy (non-hydrogen) atoms. The van der Waals surface area contributed by atoms with E-state index in [4.69, 9.17) is 0 Å². The maximum atomic E-state index is 10.9. The molecule has 0 aromatic heterocycles. The van der Waals surface area contributed by atoms with Gasteiger partial charge in [0.15, 0.2) is 0 Å². The number of nitrogens with one attached hydrogen (secondary N) is 1. The second kappa shape index (κ2) is 6.82. The van der Waals surface area contributed by atoms with Crippen molar-refractivity contribution in [3.05, 3.63) is 0 Å². The van der Waals surface area contributed by atoms with Crippen molar-refractivity contribution in [3.63, 3.8) is 0 Å². The molecule has 2 unspecified atom stereocenters. The van der Waals surface area contributed by atoms with Crippen molar-refractivity contribution in [3.8, 4) is 0 Å². The fraction of sp³-hybridized carbons (Fsp3) is 0.909. The predicted molar refractivity (Wildman–Crippen MR) is 60.2 cm³/mol. The summed E-state index contributed by atoms with van der Waals surface area (Å²) in [6.45, 7) is 6.93. The van der Waals surface area contributed by atoms with Gasteiger partial charge in [-0.15, -0.1) is 0 Å². The van der Waals surface area contributed by atoms with Gasteiger partial charge in [-0.3, -0.25) is 4.79 Å². The molecule has 1 N–H and O–H groups in total. The minimum atomic E-state index is 0.0702. The van der Waals surface area contributed by atoms with Crippen LogP contribution in [0.3, 0.4) is 0 Å². The molecular weight excluding hydrogens is 176 g/mol. The average molecular weight is 200 g/mol. The van der Waals surface area contributed by atoms with Gasteiger partial charge in [0.2, 0.25) is 5.91 Å². The normalized spacial score (nSPS) is 15.3. The molecule has 0 saturated carbocycles. The Morgan fingerprint density at radius 2 is 2.00 bits per heavy atom. The topological polar surface area (TPSA) is 32.3 Å². The Bertz CT molecular complexity index is 169. The van der Waals surface area contributed by atoms with Crippen molar-refractivity contribution in [1.29, 1.82) is 0 Å². The van der Waals surface area contributed by atoms with Gasteiger partial charge in [0.25, 0.3) is 0 Å². The van der Waals surface area contributed by atoms with Crippen LogP contribution in [-0.4, -0.2) is 37.5 Å². The zero-order chi connectivity index (χ0) is 11.1. The van der Waals surface area contributed by atoms with Gasteiger partial charge in [0, 0.05) is 13.0 Å². The van der Waals surface area contributed by atoms with Gasteiger partial charge >= 0.3 is 0 Å². The molecule has 0 radical (unpaired) electrons. The standard InChI is InChI=1S/C11H24N2O/c1-6-11(7-8-13(4)5)9(2)12-10(3)14/h9,11H,6-8H2,1-5H3,(H,12,14). The molecule has 0 saturated heterocycles. The highest BCUT2D eigenvalue weighted by molar-refractivity contribution is 5.73. The molecular formula is C11H24N2O. The number of amides is 1. The third-order valence-corrected chi connectivity index (χ3v) is 2.61. The van der Waals surface area contributed by atoms with E-state index in [-0.39, 0.29) is 11.9 Å². The van der Waals surface area contributed by atoms with E-state index >= 15 is 0 Å². The van der Waals surface area contributed by atoms with E-state index < -0.39 is 0 Å². The number of rotatable bonds is 6. The monoisotopic (exact) mass is 200 g/mol. The summed E-state index contributed by atoms with van der Waals surface area (Å²) in [4.78, 5) is 13.1. The Kier molecular flexibility index (Phi) is 6.54. The van der Waals surface area contributed by atoms with Crippen molar-refractivity contribution < 1.29 is 4.79 Å². The summed E-state index contributed by atoms with van der Waals surface area (Å²) in [5.74, 6) is 0.655. The lowest BCUT2D eigenvalue weighted by Crippen LogP contribution is -2.37. The second-order valence-corrected chi connectivity index (χ2v) is 4.25. The molecule has 0 aliphatic carbocycles. The summed E-state index contributed by atoms with van der Waals surface area (Å²) in [6.07, 6.45) is 2.26. The molecule has 0 aliphatic rings. The van der Waals surface area contributed by atoms with Crippen LogP contribution >= 0.6 is 0 Å². The van der Waals surface area contributed by atoms with E-state index in [1.165, 1.54) is 0 Å². The molecule has 0 spiro atoms. The predicted octanol–water partition coefficient (Wildman–Crippen LogP) is 1.49. The van der Waals surface area contributed by atoms with Crippen LogP contribution < -0.4 is 5.32 Å². The fourth-order valence-corrected chi connectivity index (χ4v) is 1.67. The third kappa shape index (κ3) is 5.97. The Morgan fingerprint density at radius 1 is 1.43 bits per heavy atom. The fourth-order valence-electron chi connectivity index (χ4n) is 1.67. The number of carbonyl (C=O) groups is 1. The quantitative estimate of drug-likeness (QED) is 0.704. The van der Waals surface area contributed by atoms with Crippen molar-refractivity contribution in [2.24, 2.45) is 5.92 Å². The molecule has 0 bridgehead atoms. The number of hydrogen-bond acceptors (Lipinski definition) is 2. The van der Waals surface area contributed by atoms with E-state index in [1.807, 2.05) is 0 Å². The van der Waals surface area contributed by atoms with Gasteiger partial charge in [0.05, 0.1) is 0 Å². The van der Waals surface area contributed by atoms with Crippen LogP contribution in [0.2, 0.25) is 0 Å². The summed E-state index contributed by atoms with van der Waals surface area (Å²) in [5.41, 5.74) is 0. The molecule has 0 aromatic carbocycles. The van der Waals surface area contributed by atoms with E-state index in [1.54, 1.807) is 6.92 Å². The lowest BCUT2D eigenvalue weighted by molar-refractivity contribution is -0.119. The van der Waals surface area contributed by atoms with Gasteiger partial charge in [-0.1, -0.05) is 13.3 Å². The molecule has 0 rings (SSSR count). The molecule has 3 nitrogen and oxygen atoms in total. The zero-order valence-electron chi connectivity index (χ0n) is 10.1. The Morgan fingerprint density at radius 3 is 2.36 bits per heavy atom. The highest BCUT2D eigenvalue weighted by Gasteiger charge is 2.15. The lowest BCUT2D eigenvalue weighted by Gasteiger charge is -2.24. The van der Waals surface area contributed by atoms with E-state index in [2.05, 4.69) is 38.2 Å². The Labute approximate surface area is 87.9 Å². The molecule has 0 fully saturated rings. The van der Waals surface area contributed by atoms with Crippen LogP contribution in [0.1, 0.15) is 33.6 Å². The molecule has 84 valence electrons. The third-order valence-electron chi connectivity index (χ3n) is 2.61. The highest BCUT2D eigenvalue weighted by atomic mass is 16.1. The summed E-state index contributed by atoms with van der Waals surface area (Å²) in [5, 5.41) is 2.96. The van der Waals surface area contributed by atoms with Crippen molar-refractivity contribution in [2.75, 3.05) is 20.6 Å². The molecule has 0 aliphatic heterocycles. The van der Waals surface area contributed by atoms with Gasteiger partial charge in [-0.25, -0.2) is 0 Å². The molecule has 1 amide bonds. The summed E-state index contributed by atoms with van der Waals surface area (Å²) in [7, 11) is 4.16. The van der Waals surface area contributed by atoms with Crippen LogP contribution in [0.4, 0.5) is 0 Å². The molecule has 0 aromatic rings. The zero-order valence-corrected chi connectivity index (χ0v) is 10.1. The second-order valence-electron chi connectivity index (χ2n) is 4.25. The maximum Gasteiger partial charge on any atom is 0.217 e. The van der Waals surface area contributed by atoms with E-state index in [0.717, 1.165) is 19.4 Å². The maximum absolute atomic E-state index is 10.9.